The van der Waals surface area contributed by atoms with Crippen LogP contribution >= 0.6 is 0 Å². The van der Waals surface area contributed by atoms with Crippen molar-refractivity contribution >= 4 is 17.5 Å². The summed E-state index contributed by atoms with van der Waals surface area (Å²) in [5.74, 6) is 0.845. The molecule has 1 saturated carbocycles. The quantitative estimate of drug-likeness (QED) is 0.465. The number of carbonyl (C=O) groups is 2. The van der Waals surface area contributed by atoms with Crippen molar-refractivity contribution in [3.8, 4) is 5.75 Å². The largest absolute Gasteiger partial charge is 0.496 e. The lowest BCUT2D eigenvalue weighted by atomic mass is 9.66. The Morgan fingerprint density at radius 2 is 1.50 bits per heavy atom. The molecule has 4 rings (SSSR count). The summed E-state index contributed by atoms with van der Waals surface area (Å²) in [5.41, 5.74) is 2.47. The summed E-state index contributed by atoms with van der Waals surface area (Å²) in [6.07, 6.45) is 4.26. The minimum atomic E-state index is -0.147. The molecule has 3 aromatic rings. The van der Waals surface area contributed by atoms with Gasteiger partial charge in [-0.05, 0) is 61.4 Å². The van der Waals surface area contributed by atoms with Crippen LogP contribution in [0.5, 0.6) is 5.75 Å². The maximum absolute atomic E-state index is 13.0. The van der Waals surface area contributed by atoms with Gasteiger partial charge in [0, 0.05) is 24.1 Å². The van der Waals surface area contributed by atoms with Crippen LogP contribution in [0.3, 0.4) is 0 Å². The Kier molecular flexibility index (Phi) is 7.63. The van der Waals surface area contributed by atoms with Gasteiger partial charge in [0.05, 0.1) is 12.7 Å². The molecule has 0 unspecified atom stereocenters. The Bertz CT molecular complexity index is 1090. The third-order valence-corrected chi connectivity index (χ3v) is 6.92. The van der Waals surface area contributed by atoms with Crippen LogP contribution < -0.4 is 15.4 Å². The summed E-state index contributed by atoms with van der Waals surface area (Å²) in [4.78, 5) is 25.5. The van der Waals surface area contributed by atoms with Crippen molar-refractivity contribution in [2.75, 3.05) is 19.0 Å². The van der Waals surface area contributed by atoms with Crippen LogP contribution in [0.15, 0.2) is 84.9 Å². The molecule has 0 heterocycles. The highest BCUT2D eigenvalue weighted by Gasteiger charge is 2.37. The van der Waals surface area contributed by atoms with Gasteiger partial charge in [0.25, 0.3) is 5.91 Å². The van der Waals surface area contributed by atoms with E-state index in [1.54, 1.807) is 19.2 Å². The highest BCUT2D eigenvalue weighted by Crippen LogP contribution is 2.42. The topological polar surface area (TPSA) is 67.4 Å². The molecule has 0 aromatic heterocycles. The van der Waals surface area contributed by atoms with E-state index < -0.39 is 0 Å². The minimum Gasteiger partial charge on any atom is -0.496 e. The molecule has 0 radical (unpaired) electrons. The summed E-state index contributed by atoms with van der Waals surface area (Å²) >= 11 is 0. The van der Waals surface area contributed by atoms with Crippen LogP contribution in [-0.2, 0) is 10.2 Å². The van der Waals surface area contributed by atoms with Crippen molar-refractivity contribution in [3.63, 3.8) is 0 Å². The number of carbonyl (C=O) groups excluding carboxylic acids is 2. The van der Waals surface area contributed by atoms with Crippen LogP contribution in [0.1, 0.15) is 48.0 Å². The Balaban J connectivity index is 1.41. The van der Waals surface area contributed by atoms with Gasteiger partial charge >= 0.3 is 0 Å². The van der Waals surface area contributed by atoms with Crippen molar-refractivity contribution in [2.24, 2.45) is 5.92 Å². The van der Waals surface area contributed by atoms with Gasteiger partial charge in [-0.3, -0.25) is 9.59 Å². The van der Waals surface area contributed by atoms with E-state index in [1.807, 2.05) is 48.5 Å². The van der Waals surface area contributed by atoms with Crippen molar-refractivity contribution < 1.29 is 14.3 Å². The maximum Gasteiger partial charge on any atom is 0.255 e. The molecular weight excluding hydrogens is 424 g/mol. The van der Waals surface area contributed by atoms with E-state index in [0.717, 1.165) is 31.4 Å². The molecule has 0 bridgehead atoms. The van der Waals surface area contributed by atoms with Gasteiger partial charge in [0.15, 0.2) is 0 Å². The van der Waals surface area contributed by atoms with Gasteiger partial charge in [-0.25, -0.2) is 0 Å². The Hall–Kier alpha value is -3.60. The number of benzene rings is 3. The molecule has 5 heteroatoms. The second kappa shape index (κ2) is 11.0. The summed E-state index contributed by atoms with van der Waals surface area (Å²) < 4.78 is 5.36. The Morgan fingerprint density at radius 1 is 0.882 bits per heavy atom. The molecule has 2 amide bonds. The minimum absolute atomic E-state index is 0.0629. The third-order valence-electron chi connectivity index (χ3n) is 6.92. The molecule has 1 aliphatic carbocycles. The molecule has 0 aliphatic heterocycles. The number of hydrogen-bond donors (Lipinski definition) is 2. The number of para-hydroxylation sites is 2. The fourth-order valence-corrected chi connectivity index (χ4v) is 4.97. The molecule has 34 heavy (non-hydrogen) atoms. The zero-order chi connectivity index (χ0) is 23.8. The summed E-state index contributed by atoms with van der Waals surface area (Å²) in [5, 5.41) is 6.18. The number of rotatable bonds is 8. The SMILES string of the molecule is COc1ccccc1C(=O)NCC1(c2ccccc2)CCC(CC(=O)Nc2ccccc2)CC1. The van der Waals surface area contributed by atoms with Gasteiger partial charge < -0.3 is 15.4 Å². The molecule has 0 atom stereocenters. The fraction of sp³-hybridized carbons (Fsp3) is 0.310. The van der Waals surface area contributed by atoms with Crippen LogP contribution in [0, 0.1) is 5.92 Å². The Morgan fingerprint density at radius 3 is 2.18 bits per heavy atom. The van der Waals surface area contributed by atoms with Crippen molar-refractivity contribution in [3.05, 3.63) is 96.1 Å². The summed E-state index contributed by atoms with van der Waals surface area (Å²) in [7, 11) is 1.58. The van der Waals surface area contributed by atoms with E-state index in [1.165, 1.54) is 5.56 Å². The first-order chi connectivity index (χ1) is 16.6. The molecule has 5 nitrogen and oxygen atoms in total. The number of methoxy groups -OCH3 is 1. The van der Waals surface area contributed by atoms with E-state index in [0.29, 0.717) is 30.2 Å². The number of ether oxygens (including phenoxy) is 1. The van der Waals surface area contributed by atoms with E-state index in [-0.39, 0.29) is 17.2 Å². The average molecular weight is 457 g/mol. The summed E-state index contributed by atoms with van der Waals surface area (Å²) in [6, 6.07) is 27.3. The smallest absolute Gasteiger partial charge is 0.255 e. The molecule has 1 fully saturated rings. The standard InChI is InChI=1S/C29H32N2O3/c1-34-26-15-9-8-14-25(26)28(33)30-21-29(23-10-4-2-5-11-23)18-16-22(17-19-29)20-27(32)31-24-12-6-3-7-13-24/h2-15,22H,16-21H2,1H3,(H,30,33)(H,31,32). The van der Waals surface area contributed by atoms with Gasteiger partial charge in [0.2, 0.25) is 5.91 Å². The van der Waals surface area contributed by atoms with Crippen molar-refractivity contribution in [2.45, 2.75) is 37.5 Å². The molecule has 1 aliphatic rings. The monoisotopic (exact) mass is 456 g/mol. The van der Waals surface area contributed by atoms with Crippen LogP contribution in [-0.4, -0.2) is 25.5 Å². The summed E-state index contributed by atoms with van der Waals surface area (Å²) in [6.45, 7) is 0.552. The second-order valence-corrected chi connectivity index (χ2v) is 9.09. The third kappa shape index (κ3) is 5.66. The fourth-order valence-electron chi connectivity index (χ4n) is 4.97. The highest BCUT2D eigenvalue weighted by atomic mass is 16.5. The lowest BCUT2D eigenvalue weighted by Crippen LogP contribution is -2.43. The highest BCUT2D eigenvalue weighted by molar-refractivity contribution is 5.97. The molecule has 0 saturated heterocycles. The molecule has 176 valence electrons. The zero-order valence-corrected chi connectivity index (χ0v) is 19.6. The average Bonchev–Trinajstić information content (AvgIpc) is 2.89. The van der Waals surface area contributed by atoms with Gasteiger partial charge in [0.1, 0.15) is 5.75 Å². The predicted octanol–water partition coefficient (Wildman–Crippen LogP) is 5.58. The normalized spacial score (nSPS) is 19.7. The van der Waals surface area contributed by atoms with Crippen LogP contribution in [0.2, 0.25) is 0 Å². The lowest BCUT2D eigenvalue weighted by Gasteiger charge is -2.41. The van der Waals surface area contributed by atoms with E-state index in [9.17, 15) is 9.59 Å². The van der Waals surface area contributed by atoms with Gasteiger partial charge in [-0.2, -0.15) is 0 Å². The Labute approximate surface area is 201 Å². The molecule has 0 spiro atoms. The number of hydrogen-bond acceptors (Lipinski definition) is 3. The first-order valence-electron chi connectivity index (χ1n) is 11.9. The molecular formula is C29H32N2O3. The zero-order valence-electron chi connectivity index (χ0n) is 19.6. The molecule has 3 aromatic carbocycles. The van der Waals surface area contributed by atoms with Crippen molar-refractivity contribution in [1.29, 1.82) is 0 Å². The number of amides is 2. The van der Waals surface area contributed by atoms with Crippen LogP contribution in [0.25, 0.3) is 0 Å². The lowest BCUT2D eigenvalue weighted by molar-refractivity contribution is -0.117. The number of nitrogens with one attached hydrogen (secondary N) is 2. The number of anilines is 1. The first kappa shape index (κ1) is 23.6. The van der Waals surface area contributed by atoms with Gasteiger partial charge in [-0.15, -0.1) is 0 Å². The van der Waals surface area contributed by atoms with E-state index >= 15 is 0 Å². The van der Waals surface area contributed by atoms with Gasteiger partial charge in [-0.1, -0.05) is 60.7 Å². The first-order valence-corrected chi connectivity index (χ1v) is 11.9. The van der Waals surface area contributed by atoms with Crippen LogP contribution in [0.4, 0.5) is 5.69 Å². The van der Waals surface area contributed by atoms with E-state index in [2.05, 4.69) is 34.9 Å². The molecule has 2 N–H and O–H groups in total. The maximum atomic E-state index is 13.0. The van der Waals surface area contributed by atoms with E-state index in [4.69, 9.17) is 4.74 Å². The predicted molar refractivity (Wildman–Crippen MR) is 135 cm³/mol. The second-order valence-electron chi connectivity index (χ2n) is 9.09. The van der Waals surface area contributed by atoms with Crippen molar-refractivity contribution in [1.82, 2.24) is 5.32 Å².